The van der Waals surface area contributed by atoms with Gasteiger partial charge in [0.2, 0.25) is 35.4 Å². The third-order valence-electron chi connectivity index (χ3n) is 13.1. The van der Waals surface area contributed by atoms with E-state index in [2.05, 4.69) is 21.3 Å². The van der Waals surface area contributed by atoms with E-state index >= 15 is 0 Å². The zero-order valence-corrected chi connectivity index (χ0v) is 41.0. The van der Waals surface area contributed by atoms with Gasteiger partial charge in [0, 0.05) is 64.2 Å². The number of nitrogens with one attached hydrogen (secondary N) is 4. The van der Waals surface area contributed by atoms with Gasteiger partial charge >= 0.3 is 0 Å². The number of benzene rings is 2. The minimum Gasteiger partial charge on any atom is -0.342 e. The van der Waals surface area contributed by atoms with Gasteiger partial charge < -0.3 is 40.9 Å². The summed E-state index contributed by atoms with van der Waals surface area (Å²) in [5.74, 6) is -2.32. The van der Waals surface area contributed by atoms with Gasteiger partial charge in [0.25, 0.3) is 0 Å². The Labute approximate surface area is 391 Å². The van der Waals surface area contributed by atoms with Crippen LogP contribution in [0.2, 0.25) is 0 Å². The Bertz CT molecular complexity index is 1810. The molecule has 2 aromatic rings. The number of halogens is 2. The molecule has 2 aliphatic rings. The molecule has 4 N–H and O–H groups in total. The maximum atomic E-state index is 14.4. The van der Waals surface area contributed by atoms with Crippen LogP contribution in [0.3, 0.4) is 0 Å². The van der Waals surface area contributed by atoms with E-state index in [-0.39, 0.29) is 98.2 Å². The van der Waals surface area contributed by atoms with E-state index in [9.17, 15) is 37.5 Å². The predicted octanol–water partition coefficient (Wildman–Crippen LogP) is 4.45. The molecule has 2 saturated heterocycles. The third kappa shape index (κ3) is 15.3. The molecule has 0 aromatic heterocycles. The van der Waals surface area contributed by atoms with E-state index in [1.54, 1.807) is 71.8 Å². The first-order chi connectivity index (χ1) is 31.0. The van der Waals surface area contributed by atoms with Gasteiger partial charge in [-0.25, -0.2) is 8.78 Å². The van der Waals surface area contributed by atoms with Crippen molar-refractivity contribution in [3.05, 3.63) is 71.3 Å². The molecule has 0 radical (unpaired) electrons. The Morgan fingerprint density at radius 3 is 1.24 bits per heavy atom. The van der Waals surface area contributed by atoms with Crippen LogP contribution in [0.4, 0.5) is 8.78 Å². The summed E-state index contributed by atoms with van der Waals surface area (Å²) in [5, 5.41) is 11.8. The Kier molecular flexibility index (Phi) is 19.7. The fourth-order valence-corrected chi connectivity index (χ4v) is 8.56. The number of amides is 6. The maximum absolute atomic E-state index is 14.4. The van der Waals surface area contributed by atoms with E-state index in [4.69, 9.17) is 0 Å². The van der Waals surface area contributed by atoms with Gasteiger partial charge in [-0.1, -0.05) is 65.8 Å². The van der Waals surface area contributed by atoms with Crippen molar-refractivity contribution in [1.29, 1.82) is 0 Å². The summed E-state index contributed by atoms with van der Waals surface area (Å²) in [5.41, 5.74) is 0.441. The molecule has 0 saturated carbocycles. The second kappa shape index (κ2) is 24.2. The highest BCUT2D eigenvalue weighted by Gasteiger charge is 2.42. The molecule has 2 heterocycles. The quantitative estimate of drug-likeness (QED) is 0.143. The molecule has 6 amide bonds. The molecule has 2 aromatic carbocycles. The van der Waals surface area contributed by atoms with Gasteiger partial charge in [0.1, 0.15) is 23.7 Å². The lowest BCUT2D eigenvalue weighted by molar-refractivity contribution is -0.143. The lowest BCUT2D eigenvalue weighted by Crippen LogP contribution is -2.59. The van der Waals surface area contributed by atoms with Gasteiger partial charge in [-0.15, -0.1) is 0 Å². The van der Waals surface area contributed by atoms with Gasteiger partial charge in [-0.2, -0.15) is 0 Å². The molecule has 0 spiro atoms. The SMILES string of the molecule is CN[C@@H](C)C(=O)N[C@H](C(=O)N1CCC[C@H]1CN(CCc1ccc(F)cc1)C(=O)CCC(=O)N(CCc1ccc(F)cc1)C[C@@H]1CCCN1C(=O)[C@@H](NC(=O)[C@H](C)NC)C(C)(C)C)C(C)(C)C. The lowest BCUT2D eigenvalue weighted by atomic mass is 9.85. The van der Waals surface area contributed by atoms with Crippen LogP contribution < -0.4 is 21.3 Å². The third-order valence-corrected chi connectivity index (χ3v) is 13.1. The van der Waals surface area contributed by atoms with Crippen LogP contribution in [0, 0.1) is 22.5 Å². The van der Waals surface area contributed by atoms with E-state index in [1.807, 2.05) is 41.5 Å². The van der Waals surface area contributed by atoms with Crippen LogP contribution in [0.5, 0.6) is 0 Å². The van der Waals surface area contributed by atoms with E-state index < -0.39 is 35.0 Å². The van der Waals surface area contributed by atoms with Gasteiger partial charge in [-0.3, -0.25) is 28.8 Å². The van der Waals surface area contributed by atoms with Crippen LogP contribution in [0.25, 0.3) is 0 Å². The largest absolute Gasteiger partial charge is 0.342 e. The molecule has 2 fully saturated rings. The number of rotatable bonds is 21. The fourth-order valence-electron chi connectivity index (χ4n) is 8.56. The molecule has 0 unspecified atom stereocenters. The lowest BCUT2D eigenvalue weighted by Gasteiger charge is -2.38. The van der Waals surface area contributed by atoms with Crippen molar-refractivity contribution in [3.8, 4) is 0 Å². The van der Waals surface area contributed by atoms with E-state index in [0.717, 1.165) is 11.1 Å². The fraction of sp³-hybridized carbons (Fsp3) is 0.640. The highest BCUT2D eigenvalue weighted by molar-refractivity contribution is 5.91. The number of carbonyl (C=O) groups excluding carboxylic acids is 6. The highest BCUT2D eigenvalue weighted by atomic mass is 19.1. The average molecular weight is 923 g/mol. The van der Waals surface area contributed by atoms with Crippen molar-refractivity contribution in [1.82, 2.24) is 40.9 Å². The molecule has 66 heavy (non-hydrogen) atoms. The van der Waals surface area contributed by atoms with E-state index in [1.165, 1.54) is 24.3 Å². The highest BCUT2D eigenvalue weighted by Crippen LogP contribution is 2.29. The molecule has 16 heteroatoms. The van der Waals surface area contributed by atoms with Crippen LogP contribution >= 0.6 is 0 Å². The number of carbonyl (C=O) groups is 6. The van der Waals surface area contributed by atoms with Crippen molar-refractivity contribution in [2.45, 2.75) is 143 Å². The number of likely N-dealkylation sites (N-methyl/N-ethyl adjacent to an activating group) is 2. The summed E-state index contributed by atoms with van der Waals surface area (Å²) in [6.07, 6.45) is 3.32. The predicted molar refractivity (Wildman–Crippen MR) is 252 cm³/mol. The molecular formula is C50H76F2N8O6. The monoisotopic (exact) mass is 923 g/mol. The summed E-state index contributed by atoms with van der Waals surface area (Å²) in [6.45, 7) is 16.8. The van der Waals surface area contributed by atoms with Crippen LogP contribution in [0.15, 0.2) is 48.5 Å². The summed E-state index contributed by atoms with van der Waals surface area (Å²) in [7, 11) is 3.36. The number of likely N-dealkylation sites (tertiary alicyclic amines) is 2. The zero-order chi connectivity index (χ0) is 48.9. The van der Waals surface area contributed by atoms with Crippen molar-refractivity contribution in [3.63, 3.8) is 0 Å². The Hall–Kier alpha value is -4.96. The summed E-state index contributed by atoms with van der Waals surface area (Å²) >= 11 is 0. The van der Waals surface area contributed by atoms with Gasteiger partial charge in [-0.05, 0) is 113 Å². The number of hydrogen-bond acceptors (Lipinski definition) is 8. The molecular weight excluding hydrogens is 847 g/mol. The Morgan fingerprint density at radius 1 is 0.606 bits per heavy atom. The topological polar surface area (TPSA) is 163 Å². The van der Waals surface area contributed by atoms with Crippen molar-refractivity contribution in [2.24, 2.45) is 10.8 Å². The number of hydrogen-bond donors (Lipinski definition) is 4. The van der Waals surface area contributed by atoms with E-state index in [0.29, 0.717) is 51.6 Å². The van der Waals surface area contributed by atoms with Crippen LogP contribution in [-0.4, -0.2) is 145 Å². The van der Waals surface area contributed by atoms with Crippen molar-refractivity contribution < 1.29 is 37.5 Å². The second-order valence-electron chi connectivity index (χ2n) is 20.2. The molecule has 4 rings (SSSR count). The Balaban J connectivity index is 1.56. The van der Waals surface area contributed by atoms with Crippen LogP contribution in [0.1, 0.15) is 105 Å². The smallest absolute Gasteiger partial charge is 0.246 e. The van der Waals surface area contributed by atoms with Gasteiger partial charge in [0.15, 0.2) is 0 Å². The summed E-state index contributed by atoms with van der Waals surface area (Å²) < 4.78 is 27.7. The zero-order valence-electron chi connectivity index (χ0n) is 41.0. The second-order valence-corrected chi connectivity index (χ2v) is 20.2. The minimum absolute atomic E-state index is 0.117. The Morgan fingerprint density at radius 2 is 0.939 bits per heavy atom. The summed E-state index contributed by atoms with van der Waals surface area (Å²) in [6, 6.07) is 8.86. The van der Waals surface area contributed by atoms with Gasteiger partial charge in [0.05, 0.1) is 12.1 Å². The normalized spacial score (nSPS) is 18.3. The molecule has 0 bridgehead atoms. The molecule has 0 aliphatic carbocycles. The summed E-state index contributed by atoms with van der Waals surface area (Å²) in [4.78, 5) is 90.3. The minimum atomic E-state index is -0.811. The molecule has 366 valence electrons. The molecule has 6 atom stereocenters. The van der Waals surface area contributed by atoms with Crippen molar-refractivity contribution >= 4 is 35.4 Å². The average Bonchev–Trinajstić information content (AvgIpc) is 3.95. The maximum Gasteiger partial charge on any atom is 0.246 e. The van der Waals surface area contributed by atoms with Crippen LogP contribution in [-0.2, 0) is 41.6 Å². The first-order valence-electron chi connectivity index (χ1n) is 23.6. The first-order valence-corrected chi connectivity index (χ1v) is 23.6. The van der Waals surface area contributed by atoms with Crippen molar-refractivity contribution in [2.75, 3.05) is 53.4 Å². The first kappa shape index (κ1) is 53.7. The number of nitrogens with zero attached hydrogens (tertiary/aromatic N) is 4. The molecule has 14 nitrogen and oxygen atoms in total. The molecule has 2 aliphatic heterocycles. The standard InChI is InChI=1S/C50H76F2N8O6/c1-33(53-9)45(63)55-43(49(3,4)5)47(65)59-27-11-13-39(59)31-57(29-25-35-15-19-37(51)20-16-35)41(61)23-24-42(62)58(30-26-36-17-21-38(52)22-18-36)32-40-14-12-28-60(40)48(66)44(50(6,7)8)56-46(64)34(2)54-10/h15-22,33-34,39-40,43-44,53-54H,11-14,23-32H2,1-10H3,(H,55,63)(H,56,64)/t33-,34-,39-,40-,43+,44+/m0/s1.